The largest absolute Gasteiger partial charge is 0.480 e. The number of amides is 1. The Kier molecular flexibility index (Phi) is 6.13. The zero-order valence-electron chi connectivity index (χ0n) is 15.4. The van der Waals surface area contributed by atoms with E-state index in [1.165, 1.54) is 18.3 Å². The summed E-state index contributed by atoms with van der Waals surface area (Å²) >= 11 is 0. The summed E-state index contributed by atoms with van der Waals surface area (Å²) in [6.07, 6.45) is 1.76. The Morgan fingerprint density at radius 3 is 2.31 bits per heavy atom. The Balaban J connectivity index is 2.35. The highest BCUT2D eigenvalue weighted by atomic mass is 19.1. The molecule has 2 rings (SSSR count). The van der Waals surface area contributed by atoms with Crippen molar-refractivity contribution in [2.24, 2.45) is 5.92 Å². The van der Waals surface area contributed by atoms with Crippen LogP contribution in [0, 0.1) is 11.7 Å². The molecule has 0 unspecified atom stereocenters. The summed E-state index contributed by atoms with van der Waals surface area (Å²) in [5.74, 6) is -1.82. The number of benzene rings is 1. The van der Waals surface area contributed by atoms with E-state index < -0.39 is 17.9 Å². The maximum absolute atomic E-state index is 13.2. The van der Waals surface area contributed by atoms with Gasteiger partial charge in [-0.1, -0.05) is 27.7 Å². The fourth-order valence-electron chi connectivity index (χ4n) is 2.81. The summed E-state index contributed by atoms with van der Waals surface area (Å²) in [4.78, 5) is 24.1. The van der Waals surface area contributed by atoms with Crippen LogP contribution in [0.25, 0.3) is 5.69 Å². The quantitative estimate of drug-likeness (QED) is 0.792. The molecule has 0 radical (unpaired) electrons. The number of carbonyl (C=O) groups is 2. The average Bonchev–Trinajstić information content (AvgIpc) is 2.99. The van der Waals surface area contributed by atoms with Crippen molar-refractivity contribution in [2.75, 3.05) is 0 Å². The van der Waals surface area contributed by atoms with Gasteiger partial charge in [-0.25, -0.2) is 13.9 Å². The third-order valence-corrected chi connectivity index (χ3v) is 3.98. The fourth-order valence-corrected chi connectivity index (χ4v) is 2.81. The molecular weight excluding hydrogens is 337 g/mol. The molecule has 7 heteroatoms. The summed E-state index contributed by atoms with van der Waals surface area (Å²) in [6, 6.07) is 4.84. The lowest BCUT2D eigenvalue weighted by Crippen LogP contribution is -2.41. The molecule has 1 atom stereocenters. The van der Waals surface area contributed by atoms with E-state index in [1.807, 2.05) is 27.7 Å². The van der Waals surface area contributed by atoms with Crippen molar-refractivity contribution in [3.8, 4) is 5.69 Å². The van der Waals surface area contributed by atoms with Crippen LogP contribution in [0.4, 0.5) is 4.39 Å². The molecule has 1 heterocycles. The van der Waals surface area contributed by atoms with Gasteiger partial charge in [-0.05, 0) is 42.5 Å². The number of hydrogen-bond acceptors (Lipinski definition) is 3. The number of carboxylic acid groups (broad SMARTS) is 1. The number of rotatable bonds is 7. The molecule has 2 aromatic rings. The first-order chi connectivity index (χ1) is 12.2. The molecule has 26 heavy (non-hydrogen) atoms. The summed E-state index contributed by atoms with van der Waals surface area (Å²) < 4.78 is 14.7. The fraction of sp³-hybridized carbons (Fsp3) is 0.421. The SMILES string of the molecule is CC(C)C[C@@H](NC(=O)c1cnn(-c2ccc(F)cc2)c1C(C)C)C(=O)O. The van der Waals surface area contributed by atoms with Crippen molar-refractivity contribution in [2.45, 2.75) is 46.1 Å². The normalized spacial score (nSPS) is 12.4. The average molecular weight is 361 g/mol. The molecule has 0 aliphatic rings. The van der Waals surface area contributed by atoms with Crippen LogP contribution in [0.15, 0.2) is 30.5 Å². The predicted molar refractivity (Wildman–Crippen MR) is 96.0 cm³/mol. The van der Waals surface area contributed by atoms with E-state index in [0.29, 0.717) is 23.4 Å². The lowest BCUT2D eigenvalue weighted by atomic mass is 10.0. The Bertz CT molecular complexity index is 782. The highest BCUT2D eigenvalue weighted by molar-refractivity contribution is 5.97. The standard InChI is InChI=1S/C19H24FN3O3/c1-11(2)9-16(19(25)26)22-18(24)15-10-21-23(17(15)12(3)4)14-7-5-13(20)6-8-14/h5-8,10-12,16H,9H2,1-4H3,(H,22,24)(H,25,26)/t16-/m1/s1. The second-order valence-corrected chi connectivity index (χ2v) is 6.98. The monoisotopic (exact) mass is 361 g/mol. The molecule has 0 saturated carbocycles. The smallest absolute Gasteiger partial charge is 0.326 e. The van der Waals surface area contributed by atoms with Crippen molar-refractivity contribution in [3.63, 3.8) is 0 Å². The minimum atomic E-state index is -1.07. The van der Waals surface area contributed by atoms with E-state index >= 15 is 0 Å². The first-order valence-corrected chi connectivity index (χ1v) is 8.58. The van der Waals surface area contributed by atoms with E-state index in [-0.39, 0.29) is 17.7 Å². The summed E-state index contributed by atoms with van der Waals surface area (Å²) in [5.41, 5.74) is 1.59. The molecule has 0 aliphatic heterocycles. The van der Waals surface area contributed by atoms with Crippen molar-refractivity contribution in [3.05, 3.63) is 47.5 Å². The lowest BCUT2D eigenvalue weighted by Gasteiger charge is -2.17. The van der Waals surface area contributed by atoms with Gasteiger partial charge in [-0.15, -0.1) is 0 Å². The van der Waals surface area contributed by atoms with E-state index in [0.717, 1.165) is 0 Å². The van der Waals surface area contributed by atoms with Crippen molar-refractivity contribution >= 4 is 11.9 Å². The second kappa shape index (κ2) is 8.12. The number of carboxylic acids is 1. The highest BCUT2D eigenvalue weighted by Gasteiger charge is 2.26. The van der Waals surface area contributed by atoms with Crippen LogP contribution in [0.1, 0.15) is 56.1 Å². The maximum Gasteiger partial charge on any atom is 0.326 e. The van der Waals surface area contributed by atoms with Crippen LogP contribution in [0.5, 0.6) is 0 Å². The lowest BCUT2D eigenvalue weighted by molar-refractivity contribution is -0.139. The van der Waals surface area contributed by atoms with Gasteiger partial charge in [0.1, 0.15) is 11.9 Å². The molecular formula is C19H24FN3O3. The number of nitrogens with one attached hydrogen (secondary N) is 1. The minimum Gasteiger partial charge on any atom is -0.480 e. The number of nitrogens with zero attached hydrogens (tertiary/aromatic N) is 2. The molecule has 1 aromatic heterocycles. The highest BCUT2D eigenvalue weighted by Crippen LogP contribution is 2.23. The molecule has 140 valence electrons. The van der Waals surface area contributed by atoms with Gasteiger partial charge in [-0.3, -0.25) is 4.79 Å². The van der Waals surface area contributed by atoms with Crippen molar-refractivity contribution < 1.29 is 19.1 Å². The zero-order chi connectivity index (χ0) is 19.4. The van der Waals surface area contributed by atoms with Gasteiger partial charge in [0.05, 0.1) is 23.1 Å². The summed E-state index contributed by atoms with van der Waals surface area (Å²) in [7, 11) is 0. The third-order valence-electron chi connectivity index (χ3n) is 3.98. The molecule has 6 nitrogen and oxygen atoms in total. The number of carbonyl (C=O) groups excluding carboxylic acids is 1. The van der Waals surface area contributed by atoms with Gasteiger partial charge in [-0.2, -0.15) is 5.10 Å². The Labute approximate surface area is 152 Å². The zero-order valence-corrected chi connectivity index (χ0v) is 15.4. The first kappa shape index (κ1) is 19.6. The molecule has 0 saturated heterocycles. The maximum atomic E-state index is 13.2. The van der Waals surface area contributed by atoms with Crippen LogP contribution in [0.3, 0.4) is 0 Å². The van der Waals surface area contributed by atoms with Crippen LogP contribution in [0.2, 0.25) is 0 Å². The van der Waals surface area contributed by atoms with Crippen LogP contribution >= 0.6 is 0 Å². The topological polar surface area (TPSA) is 84.2 Å². The summed E-state index contributed by atoms with van der Waals surface area (Å²) in [5, 5.41) is 16.2. The molecule has 1 aromatic carbocycles. The molecule has 0 fully saturated rings. The number of aromatic nitrogens is 2. The molecule has 2 N–H and O–H groups in total. The van der Waals surface area contributed by atoms with Gasteiger partial charge < -0.3 is 10.4 Å². The third kappa shape index (κ3) is 4.47. The van der Waals surface area contributed by atoms with Crippen LogP contribution in [-0.4, -0.2) is 32.8 Å². The molecule has 1 amide bonds. The van der Waals surface area contributed by atoms with Crippen molar-refractivity contribution in [1.82, 2.24) is 15.1 Å². The molecule has 0 spiro atoms. The Morgan fingerprint density at radius 2 is 1.81 bits per heavy atom. The van der Waals surface area contributed by atoms with Gasteiger partial charge in [0.15, 0.2) is 0 Å². The van der Waals surface area contributed by atoms with E-state index in [9.17, 15) is 19.1 Å². The number of hydrogen-bond donors (Lipinski definition) is 2. The van der Waals surface area contributed by atoms with Crippen LogP contribution in [-0.2, 0) is 4.79 Å². The Morgan fingerprint density at radius 1 is 1.19 bits per heavy atom. The molecule has 0 aliphatic carbocycles. The Hall–Kier alpha value is -2.70. The number of aliphatic carboxylic acids is 1. The molecule has 0 bridgehead atoms. The minimum absolute atomic E-state index is 0.0447. The van der Waals surface area contributed by atoms with Crippen molar-refractivity contribution in [1.29, 1.82) is 0 Å². The predicted octanol–water partition coefficient (Wildman–Crippen LogP) is 3.36. The van der Waals surface area contributed by atoms with Gasteiger partial charge in [0.2, 0.25) is 0 Å². The summed E-state index contributed by atoms with van der Waals surface area (Å²) in [6.45, 7) is 7.62. The second-order valence-electron chi connectivity index (χ2n) is 6.98. The van der Waals surface area contributed by atoms with E-state index in [1.54, 1.807) is 16.8 Å². The van der Waals surface area contributed by atoms with Gasteiger partial charge in [0.25, 0.3) is 5.91 Å². The van der Waals surface area contributed by atoms with E-state index in [2.05, 4.69) is 10.4 Å². The first-order valence-electron chi connectivity index (χ1n) is 8.58. The van der Waals surface area contributed by atoms with Gasteiger partial charge >= 0.3 is 5.97 Å². The van der Waals surface area contributed by atoms with Gasteiger partial charge in [0, 0.05) is 0 Å². The van der Waals surface area contributed by atoms with Crippen LogP contribution < -0.4 is 5.32 Å². The number of halogens is 1. The van der Waals surface area contributed by atoms with E-state index in [4.69, 9.17) is 0 Å².